The number of benzene rings is 1. The van der Waals surface area contributed by atoms with Gasteiger partial charge in [-0.2, -0.15) is 0 Å². The maximum atomic E-state index is 14.1. The molecule has 6 aliphatic rings. The average molecular weight is 410 g/mol. The van der Waals surface area contributed by atoms with Crippen LogP contribution in [0.15, 0.2) is 23.8 Å². The van der Waals surface area contributed by atoms with E-state index in [0.717, 1.165) is 24.1 Å². The molecule has 158 valence electrons. The molecule has 1 aromatic carbocycles. The van der Waals surface area contributed by atoms with E-state index in [2.05, 4.69) is 6.08 Å². The van der Waals surface area contributed by atoms with Gasteiger partial charge in [0.05, 0.1) is 57.0 Å². The fourth-order valence-corrected chi connectivity index (χ4v) is 8.13. The summed E-state index contributed by atoms with van der Waals surface area (Å²) in [5, 5.41) is 14.1. The quantitative estimate of drug-likeness (QED) is 0.424. The van der Waals surface area contributed by atoms with Crippen molar-refractivity contribution in [3.63, 3.8) is 0 Å². The Morgan fingerprint density at radius 2 is 2.07 bits per heavy atom. The first kappa shape index (κ1) is 17.6. The van der Waals surface area contributed by atoms with Crippen molar-refractivity contribution >= 4 is 11.6 Å². The number of rotatable bonds is 2. The van der Waals surface area contributed by atoms with Gasteiger partial charge < -0.3 is 29.0 Å². The number of hydrogen-bond acceptors (Lipinski definition) is 5. The lowest BCUT2D eigenvalue weighted by Gasteiger charge is -2.61. The highest BCUT2D eigenvalue weighted by atomic mass is 16.6. The highest BCUT2D eigenvalue weighted by molar-refractivity contribution is 5.99. The third-order valence-electron chi connectivity index (χ3n) is 9.10. The number of carbonyl (C=O) groups excluding carboxylic acids is 1. The van der Waals surface area contributed by atoms with Gasteiger partial charge in [0.1, 0.15) is 12.6 Å². The van der Waals surface area contributed by atoms with E-state index in [1.54, 1.807) is 14.2 Å². The molecule has 1 saturated carbocycles. The summed E-state index contributed by atoms with van der Waals surface area (Å²) < 4.78 is 17.3. The molecule has 7 heteroatoms. The maximum Gasteiger partial charge on any atom is 0.229 e. The maximum absolute atomic E-state index is 14.1. The molecular weight excluding hydrogens is 384 g/mol. The molecular formula is C23H26N2O5. The molecule has 1 spiro atoms. The van der Waals surface area contributed by atoms with Crippen LogP contribution in [0.25, 0.3) is 0 Å². The number of fused-ring (bicyclic) bond motifs is 2. The fraction of sp³-hybridized carbons (Fsp3) is 0.609. The van der Waals surface area contributed by atoms with Crippen molar-refractivity contribution in [2.24, 2.45) is 11.8 Å². The van der Waals surface area contributed by atoms with Gasteiger partial charge in [-0.05, 0) is 23.1 Å². The van der Waals surface area contributed by atoms with E-state index in [4.69, 9.17) is 14.2 Å². The first-order valence-electron chi connectivity index (χ1n) is 11.0. The van der Waals surface area contributed by atoms with Gasteiger partial charge in [-0.25, -0.2) is 0 Å². The van der Waals surface area contributed by atoms with Crippen molar-refractivity contribution in [1.82, 2.24) is 0 Å². The van der Waals surface area contributed by atoms with E-state index in [-0.39, 0.29) is 40.1 Å². The Kier molecular flexibility index (Phi) is 3.16. The van der Waals surface area contributed by atoms with Crippen molar-refractivity contribution in [2.45, 2.75) is 42.9 Å². The lowest BCUT2D eigenvalue weighted by molar-refractivity contribution is -0.896. The number of hydrogen-bond donors (Lipinski definition) is 0. The van der Waals surface area contributed by atoms with E-state index in [1.165, 1.54) is 5.57 Å². The molecule has 1 aromatic rings. The molecule has 7 atom stereocenters. The second-order valence-corrected chi connectivity index (χ2v) is 9.85. The minimum absolute atomic E-state index is 0.0185. The Balaban J connectivity index is 1.54. The summed E-state index contributed by atoms with van der Waals surface area (Å²) in [4.78, 5) is 15.5. The molecule has 1 amide bonds. The fourth-order valence-electron chi connectivity index (χ4n) is 8.13. The number of piperidine rings is 2. The van der Waals surface area contributed by atoms with E-state index < -0.39 is 0 Å². The molecule has 4 fully saturated rings. The number of nitrogens with zero attached hydrogens (tertiary/aromatic N) is 2. The van der Waals surface area contributed by atoms with Crippen LogP contribution in [0.3, 0.4) is 0 Å². The second-order valence-electron chi connectivity index (χ2n) is 9.85. The van der Waals surface area contributed by atoms with E-state index in [9.17, 15) is 10.0 Å². The van der Waals surface area contributed by atoms with Crippen molar-refractivity contribution in [3.8, 4) is 11.5 Å². The Labute approximate surface area is 175 Å². The number of anilines is 1. The first-order valence-corrected chi connectivity index (χ1v) is 11.0. The predicted octanol–water partition coefficient (Wildman–Crippen LogP) is 2.12. The average Bonchev–Trinajstić information content (AvgIpc) is 3.15. The summed E-state index contributed by atoms with van der Waals surface area (Å²) in [5.74, 6) is 1.98. The van der Waals surface area contributed by atoms with Crippen LogP contribution in [0.1, 0.15) is 24.8 Å². The molecule has 2 bridgehead atoms. The third-order valence-corrected chi connectivity index (χ3v) is 9.10. The van der Waals surface area contributed by atoms with E-state index in [1.807, 2.05) is 17.0 Å². The van der Waals surface area contributed by atoms with Gasteiger partial charge >= 0.3 is 0 Å². The molecule has 5 heterocycles. The SMILES string of the molecule is COc1cc2c(cc1OC)[C@@]13CC[N@+]4([O-])CC5=CCO[C@H]6CC(=O)N2[C@H]1[C@H]6[C@H]5C[C@@H]34. The molecule has 7 rings (SSSR count). The first-order chi connectivity index (χ1) is 14.5. The van der Waals surface area contributed by atoms with Gasteiger partial charge in [0.25, 0.3) is 0 Å². The number of quaternary nitrogens is 1. The second kappa shape index (κ2) is 5.39. The van der Waals surface area contributed by atoms with Gasteiger partial charge in [-0.15, -0.1) is 0 Å². The topological polar surface area (TPSA) is 71.1 Å². The largest absolute Gasteiger partial charge is 0.632 e. The van der Waals surface area contributed by atoms with E-state index >= 15 is 0 Å². The zero-order valence-electron chi connectivity index (χ0n) is 17.3. The predicted molar refractivity (Wildman–Crippen MR) is 108 cm³/mol. The Morgan fingerprint density at radius 1 is 1.27 bits per heavy atom. The van der Waals surface area contributed by atoms with Gasteiger partial charge in [0.15, 0.2) is 11.5 Å². The van der Waals surface area contributed by atoms with Crippen LogP contribution in [-0.2, 0) is 14.9 Å². The monoisotopic (exact) mass is 410 g/mol. The van der Waals surface area contributed by atoms with Crippen LogP contribution in [0, 0.1) is 17.0 Å². The standard InChI is InChI=1S/C23H26N2O5/c1-28-16-8-14-15(9-17(16)29-2)24-20(26)10-18-21-13-7-19-23(14,22(21)24)4-5-25(19,27)11-12(13)3-6-30-18/h3,8-9,13,18-19,21-22H,4-7,10-11H2,1-2H3/t13-,18-,19-,21-,22-,23+,25-/m0/s1. The third kappa shape index (κ3) is 1.75. The van der Waals surface area contributed by atoms with Gasteiger partial charge in [-0.3, -0.25) is 4.79 Å². The molecule has 5 aliphatic heterocycles. The number of carbonyl (C=O) groups is 1. The van der Waals surface area contributed by atoms with Crippen molar-refractivity contribution < 1.29 is 23.7 Å². The number of amides is 1. The van der Waals surface area contributed by atoms with Gasteiger partial charge in [0, 0.05) is 24.8 Å². The smallest absolute Gasteiger partial charge is 0.229 e. The van der Waals surface area contributed by atoms with Crippen LogP contribution in [0.5, 0.6) is 11.5 Å². The van der Waals surface area contributed by atoms with Crippen LogP contribution in [0.4, 0.5) is 5.69 Å². The molecule has 0 unspecified atom stereocenters. The molecule has 0 radical (unpaired) electrons. The summed E-state index contributed by atoms with van der Waals surface area (Å²) in [5.41, 5.74) is 2.96. The minimum Gasteiger partial charge on any atom is -0.632 e. The Bertz CT molecular complexity index is 1020. The zero-order valence-corrected chi connectivity index (χ0v) is 17.3. The van der Waals surface area contributed by atoms with Crippen LogP contribution < -0.4 is 14.4 Å². The number of ether oxygens (including phenoxy) is 3. The normalized spacial score (nSPS) is 44.4. The molecule has 3 saturated heterocycles. The van der Waals surface area contributed by atoms with Crippen LogP contribution >= 0.6 is 0 Å². The summed E-state index contributed by atoms with van der Waals surface area (Å²) in [6, 6.07) is 3.96. The van der Waals surface area contributed by atoms with E-state index in [0.29, 0.717) is 43.5 Å². The molecule has 0 N–H and O–H groups in total. The van der Waals surface area contributed by atoms with Crippen molar-refractivity contribution in [2.75, 3.05) is 38.8 Å². The highest BCUT2D eigenvalue weighted by Crippen LogP contribution is 2.68. The number of hydroxylamine groups is 3. The summed E-state index contributed by atoms with van der Waals surface area (Å²) in [6.45, 7) is 1.70. The molecule has 7 nitrogen and oxygen atoms in total. The summed E-state index contributed by atoms with van der Waals surface area (Å²) >= 11 is 0. The van der Waals surface area contributed by atoms with Crippen molar-refractivity contribution in [3.05, 3.63) is 34.6 Å². The van der Waals surface area contributed by atoms with Gasteiger partial charge in [0.2, 0.25) is 5.91 Å². The lowest BCUT2D eigenvalue weighted by atomic mass is 9.53. The summed E-state index contributed by atoms with van der Waals surface area (Å²) in [7, 11) is 3.26. The number of methoxy groups -OCH3 is 2. The molecule has 1 aliphatic carbocycles. The van der Waals surface area contributed by atoms with Crippen LogP contribution in [-0.4, -0.2) is 62.7 Å². The van der Waals surface area contributed by atoms with Gasteiger partial charge in [-0.1, -0.05) is 6.08 Å². The Hall–Kier alpha value is -2.09. The molecule has 30 heavy (non-hydrogen) atoms. The summed E-state index contributed by atoms with van der Waals surface area (Å²) in [6.07, 6.45) is 4.18. The highest BCUT2D eigenvalue weighted by Gasteiger charge is 2.74. The minimum atomic E-state index is -0.328. The zero-order chi connectivity index (χ0) is 20.4. The lowest BCUT2D eigenvalue weighted by Crippen LogP contribution is -2.71. The Morgan fingerprint density at radius 3 is 2.87 bits per heavy atom. The van der Waals surface area contributed by atoms with Crippen LogP contribution in [0.2, 0.25) is 0 Å². The molecule has 0 aromatic heterocycles. The van der Waals surface area contributed by atoms with Crippen molar-refractivity contribution in [1.29, 1.82) is 0 Å².